The van der Waals surface area contributed by atoms with Gasteiger partial charge >= 0.3 is 0 Å². The van der Waals surface area contributed by atoms with Crippen molar-refractivity contribution in [3.05, 3.63) is 113 Å². The monoisotopic (exact) mass is 511 g/mol. The van der Waals surface area contributed by atoms with Crippen molar-refractivity contribution in [2.75, 3.05) is 6.54 Å². The number of Topliss-reactive ketones (excluding diaryl/α,β-unsaturated/α-hetero) is 1. The molecule has 1 unspecified atom stereocenters. The van der Waals surface area contributed by atoms with Crippen LogP contribution in [0.15, 0.2) is 89.4 Å². The Kier molecular flexibility index (Phi) is 7.13. The van der Waals surface area contributed by atoms with Gasteiger partial charge in [0.2, 0.25) is 0 Å². The van der Waals surface area contributed by atoms with E-state index >= 15 is 0 Å². The number of imidazole rings is 1. The summed E-state index contributed by atoms with van der Waals surface area (Å²) in [5.74, 6) is 0.0763. The number of benzene rings is 2. The van der Waals surface area contributed by atoms with Crippen molar-refractivity contribution in [2.24, 2.45) is 0 Å². The van der Waals surface area contributed by atoms with Crippen LogP contribution in [0.4, 0.5) is 0 Å². The van der Waals surface area contributed by atoms with Gasteiger partial charge in [0.25, 0.3) is 11.7 Å². The molecule has 1 N–H and O–H groups in total. The lowest BCUT2D eigenvalue weighted by atomic mass is 9.99. The van der Waals surface area contributed by atoms with Crippen molar-refractivity contribution < 1.29 is 23.8 Å². The Morgan fingerprint density at radius 1 is 1.05 bits per heavy atom. The zero-order chi connectivity index (χ0) is 26.6. The molecule has 1 amide bonds. The summed E-state index contributed by atoms with van der Waals surface area (Å²) in [5, 5.41) is 11.3. The van der Waals surface area contributed by atoms with Gasteiger partial charge in [-0.25, -0.2) is 4.98 Å². The minimum atomic E-state index is -0.816. The minimum Gasteiger partial charge on any atom is -0.507 e. The molecule has 1 saturated heterocycles. The van der Waals surface area contributed by atoms with Gasteiger partial charge in [-0.05, 0) is 62.2 Å². The summed E-state index contributed by atoms with van der Waals surface area (Å²) in [6, 6.07) is 17.6. The van der Waals surface area contributed by atoms with E-state index in [1.54, 1.807) is 55.8 Å². The van der Waals surface area contributed by atoms with E-state index < -0.39 is 17.7 Å². The molecule has 1 aliphatic heterocycles. The van der Waals surface area contributed by atoms with Crippen LogP contribution in [0.5, 0.6) is 5.75 Å². The van der Waals surface area contributed by atoms with Crippen molar-refractivity contribution in [1.82, 2.24) is 14.5 Å². The molecule has 2 aromatic heterocycles. The summed E-state index contributed by atoms with van der Waals surface area (Å²) in [6.45, 7) is 5.19. The Hall–Kier alpha value is -4.59. The van der Waals surface area contributed by atoms with Crippen LogP contribution in [-0.4, -0.2) is 37.8 Å². The maximum atomic E-state index is 13.2. The lowest BCUT2D eigenvalue weighted by Crippen LogP contribution is -2.31. The van der Waals surface area contributed by atoms with Crippen LogP contribution in [0, 0.1) is 13.8 Å². The smallest absolute Gasteiger partial charge is 0.295 e. The molecule has 2 aromatic carbocycles. The Bertz CT molecular complexity index is 1470. The summed E-state index contributed by atoms with van der Waals surface area (Å²) in [5.41, 5.74) is 2.64. The number of nitrogens with zero attached hydrogens (tertiary/aromatic N) is 3. The molecule has 0 radical (unpaired) electrons. The third-order valence-corrected chi connectivity index (χ3v) is 6.56. The molecule has 194 valence electrons. The van der Waals surface area contributed by atoms with Gasteiger partial charge in [-0.2, -0.15) is 0 Å². The molecule has 0 saturated carbocycles. The predicted molar refractivity (Wildman–Crippen MR) is 141 cm³/mol. The van der Waals surface area contributed by atoms with E-state index in [1.165, 1.54) is 4.90 Å². The summed E-state index contributed by atoms with van der Waals surface area (Å²) in [7, 11) is 0. The molecule has 1 aliphatic rings. The molecule has 0 spiro atoms. The van der Waals surface area contributed by atoms with Crippen molar-refractivity contribution in [2.45, 2.75) is 39.5 Å². The Morgan fingerprint density at radius 3 is 2.55 bits per heavy atom. The van der Waals surface area contributed by atoms with Crippen LogP contribution in [0.25, 0.3) is 5.76 Å². The van der Waals surface area contributed by atoms with Gasteiger partial charge in [-0.15, -0.1) is 0 Å². The minimum absolute atomic E-state index is 0.0143. The lowest BCUT2D eigenvalue weighted by Gasteiger charge is -2.23. The molecule has 3 heterocycles. The van der Waals surface area contributed by atoms with Gasteiger partial charge in [0.15, 0.2) is 0 Å². The number of rotatable bonds is 9. The van der Waals surface area contributed by atoms with E-state index in [4.69, 9.17) is 9.15 Å². The number of carbonyl (C=O) groups excluding carboxylic acids is 2. The molecular weight excluding hydrogens is 482 g/mol. The summed E-state index contributed by atoms with van der Waals surface area (Å²) < 4.78 is 13.6. The topological polar surface area (TPSA) is 97.8 Å². The van der Waals surface area contributed by atoms with E-state index in [0.29, 0.717) is 49.0 Å². The van der Waals surface area contributed by atoms with Crippen molar-refractivity contribution >= 4 is 17.4 Å². The fraction of sp³-hybridized carbons (Fsp3) is 0.233. The highest BCUT2D eigenvalue weighted by Crippen LogP contribution is 2.40. The largest absolute Gasteiger partial charge is 0.507 e. The average molecular weight is 512 g/mol. The van der Waals surface area contributed by atoms with Crippen molar-refractivity contribution in [3.63, 3.8) is 0 Å². The molecule has 0 aliphatic carbocycles. The molecule has 5 rings (SSSR count). The molecule has 1 fully saturated rings. The second-order valence-electron chi connectivity index (χ2n) is 9.40. The van der Waals surface area contributed by atoms with Crippen LogP contribution in [-0.2, 0) is 22.7 Å². The Labute approximate surface area is 220 Å². The highest BCUT2D eigenvalue weighted by Gasteiger charge is 2.47. The van der Waals surface area contributed by atoms with E-state index in [1.807, 2.05) is 35.9 Å². The molecule has 4 aromatic rings. The fourth-order valence-corrected chi connectivity index (χ4v) is 4.68. The maximum Gasteiger partial charge on any atom is 0.295 e. The zero-order valence-electron chi connectivity index (χ0n) is 21.3. The molecule has 38 heavy (non-hydrogen) atoms. The van der Waals surface area contributed by atoms with Gasteiger partial charge in [0, 0.05) is 31.0 Å². The number of aryl methyl sites for hydroxylation is 3. The number of amides is 1. The van der Waals surface area contributed by atoms with E-state index in [2.05, 4.69) is 11.1 Å². The number of aromatic nitrogens is 2. The number of hydrogen-bond acceptors (Lipinski definition) is 6. The first kappa shape index (κ1) is 25.1. The quantitative estimate of drug-likeness (QED) is 0.189. The van der Waals surface area contributed by atoms with E-state index in [0.717, 1.165) is 11.1 Å². The number of aliphatic hydroxyl groups excluding tert-OH is 1. The van der Waals surface area contributed by atoms with Crippen molar-refractivity contribution in [3.8, 4) is 5.75 Å². The molecule has 1 atom stereocenters. The highest BCUT2D eigenvalue weighted by molar-refractivity contribution is 6.46. The lowest BCUT2D eigenvalue weighted by molar-refractivity contribution is -0.140. The Morgan fingerprint density at radius 2 is 1.87 bits per heavy atom. The molecule has 8 heteroatoms. The van der Waals surface area contributed by atoms with E-state index in [9.17, 15) is 14.7 Å². The van der Waals surface area contributed by atoms with Crippen LogP contribution in [0.2, 0.25) is 0 Å². The number of likely N-dealkylation sites (tertiary alicyclic amines) is 1. The van der Waals surface area contributed by atoms with Crippen LogP contribution >= 0.6 is 0 Å². The Balaban J connectivity index is 1.39. The van der Waals surface area contributed by atoms with Gasteiger partial charge in [0.05, 0.1) is 11.9 Å². The summed E-state index contributed by atoms with van der Waals surface area (Å²) >= 11 is 0. The number of carbonyl (C=O) groups is 2. The highest BCUT2D eigenvalue weighted by atomic mass is 16.5. The number of furan rings is 1. The van der Waals surface area contributed by atoms with Gasteiger partial charge in [-0.3, -0.25) is 9.59 Å². The van der Waals surface area contributed by atoms with Crippen LogP contribution < -0.4 is 4.74 Å². The normalized spacial score (nSPS) is 16.8. The molecule has 0 bridgehead atoms. The first-order chi connectivity index (χ1) is 18.4. The van der Waals surface area contributed by atoms with Gasteiger partial charge < -0.3 is 23.7 Å². The number of hydrogen-bond donors (Lipinski definition) is 1. The second kappa shape index (κ2) is 10.8. The second-order valence-corrected chi connectivity index (χ2v) is 9.40. The van der Waals surface area contributed by atoms with E-state index in [-0.39, 0.29) is 11.3 Å². The average Bonchev–Trinajstić information content (AvgIpc) is 3.64. The number of ketones is 1. The first-order valence-electron chi connectivity index (χ1n) is 12.5. The first-order valence-corrected chi connectivity index (χ1v) is 12.5. The zero-order valence-corrected chi connectivity index (χ0v) is 21.3. The third kappa shape index (κ3) is 5.25. The number of aliphatic hydroxyl groups is 1. The predicted octanol–water partition coefficient (Wildman–Crippen LogP) is 5.18. The van der Waals surface area contributed by atoms with Gasteiger partial charge in [-0.1, -0.05) is 29.8 Å². The van der Waals surface area contributed by atoms with Crippen molar-refractivity contribution in [1.29, 1.82) is 0 Å². The maximum absolute atomic E-state index is 13.2. The fourth-order valence-electron chi connectivity index (χ4n) is 4.68. The van der Waals surface area contributed by atoms with Crippen LogP contribution in [0.3, 0.4) is 0 Å². The third-order valence-electron chi connectivity index (χ3n) is 6.56. The van der Waals surface area contributed by atoms with Gasteiger partial charge in [0.1, 0.15) is 35.7 Å². The standard InChI is InChI=1S/C30H29N3O5/c1-20-5-3-6-22(17-20)18-37-24-10-8-23(9-11-24)28(34)26-27(25-12-7-21(2)38-25)33(30(36)29(26)35)15-4-14-32-16-13-31-19-32/h3,5-13,16-17,19,27,34H,4,14-15,18H2,1-2H3/b28-26-. The summed E-state index contributed by atoms with van der Waals surface area (Å²) in [6.07, 6.45) is 5.84. The van der Waals surface area contributed by atoms with Crippen LogP contribution in [0.1, 0.15) is 40.7 Å². The SMILES string of the molecule is Cc1cccc(COc2ccc(/C(O)=C3/C(=O)C(=O)N(CCCn4ccnc4)C3c3ccc(C)o3)cc2)c1. The number of ether oxygens (including phenoxy) is 1. The molecular formula is C30H29N3O5. The molecule has 8 nitrogen and oxygen atoms in total. The summed E-state index contributed by atoms with van der Waals surface area (Å²) in [4.78, 5) is 31.8.